The number of hydrogen-bond acceptors (Lipinski definition) is 8. The quantitative estimate of drug-likeness (QED) is 0.411. The molecule has 1 aromatic heterocycles. The SMILES string of the molecule is O=C(CSC(F)(F)F)NC1S[C@@H]2CC(=O)N2C(C(=O)O)=C1CSc1cn[nH]n1. The molecule has 28 heavy (non-hydrogen) atoms. The number of aromatic amines is 1. The summed E-state index contributed by atoms with van der Waals surface area (Å²) in [5.74, 6) is -3.39. The van der Waals surface area contributed by atoms with Crippen molar-refractivity contribution in [3.8, 4) is 0 Å². The van der Waals surface area contributed by atoms with Crippen LogP contribution in [0.5, 0.6) is 0 Å². The second-order valence-corrected chi connectivity index (χ2v) is 8.84. The van der Waals surface area contributed by atoms with E-state index in [-0.39, 0.29) is 29.4 Å². The Morgan fingerprint density at radius 3 is 2.79 bits per heavy atom. The van der Waals surface area contributed by atoms with Crippen LogP contribution in [-0.2, 0) is 14.4 Å². The van der Waals surface area contributed by atoms with Crippen LogP contribution in [-0.4, -0.2) is 71.0 Å². The van der Waals surface area contributed by atoms with Gasteiger partial charge in [0.05, 0.1) is 23.7 Å². The normalized spacial score (nSPS) is 22.0. The van der Waals surface area contributed by atoms with E-state index >= 15 is 0 Å². The van der Waals surface area contributed by atoms with Crippen molar-refractivity contribution < 1.29 is 32.7 Å². The van der Waals surface area contributed by atoms with Crippen molar-refractivity contribution in [2.24, 2.45) is 0 Å². The Morgan fingerprint density at radius 1 is 1.46 bits per heavy atom. The van der Waals surface area contributed by atoms with Gasteiger partial charge in [0.25, 0.3) is 0 Å². The third-order valence-electron chi connectivity index (χ3n) is 3.69. The molecule has 2 atom stereocenters. The lowest BCUT2D eigenvalue weighted by molar-refractivity contribution is -0.146. The Hall–Kier alpha value is -1.87. The Bertz CT molecular complexity index is 817. The highest BCUT2D eigenvalue weighted by molar-refractivity contribution is 8.01. The van der Waals surface area contributed by atoms with Gasteiger partial charge in [-0.3, -0.25) is 14.5 Å². The zero-order valence-electron chi connectivity index (χ0n) is 13.7. The zero-order chi connectivity index (χ0) is 20.5. The number of alkyl halides is 3. The lowest BCUT2D eigenvalue weighted by Crippen LogP contribution is -2.57. The Balaban J connectivity index is 1.81. The molecule has 3 N–H and O–H groups in total. The van der Waals surface area contributed by atoms with Gasteiger partial charge in [-0.15, -0.1) is 16.9 Å². The van der Waals surface area contributed by atoms with Crippen LogP contribution in [0.3, 0.4) is 0 Å². The monoisotopic (exact) mass is 455 g/mol. The first-order chi connectivity index (χ1) is 13.2. The minimum atomic E-state index is -4.55. The van der Waals surface area contributed by atoms with Crippen LogP contribution < -0.4 is 5.32 Å². The largest absolute Gasteiger partial charge is 0.477 e. The van der Waals surface area contributed by atoms with Crippen molar-refractivity contribution >= 4 is 53.1 Å². The fraction of sp³-hybridized carbons (Fsp3) is 0.462. The van der Waals surface area contributed by atoms with E-state index in [4.69, 9.17) is 0 Å². The van der Waals surface area contributed by atoms with Crippen LogP contribution in [0.15, 0.2) is 22.5 Å². The predicted molar refractivity (Wildman–Crippen MR) is 95.1 cm³/mol. The van der Waals surface area contributed by atoms with Gasteiger partial charge in [0.2, 0.25) is 11.8 Å². The highest BCUT2D eigenvalue weighted by Crippen LogP contribution is 2.44. The molecule has 0 spiro atoms. The summed E-state index contributed by atoms with van der Waals surface area (Å²) in [6.45, 7) is 0. The van der Waals surface area contributed by atoms with Crippen molar-refractivity contribution in [3.05, 3.63) is 17.5 Å². The van der Waals surface area contributed by atoms with Crippen LogP contribution >= 0.6 is 35.3 Å². The number of aliphatic carboxylic acids is 1. The number of carbonyl (C=O) groups is 3. The number of β-lactam (4-membered cyclic amide) rings is 1. The third-order valence-corrected chi connectivity index (χ3v) is 6.74. The van der Waals surface area contributed by atoms with Gasteiger partial charge in [-0.1, -0.05) is 11.8 Å². The maximum atomic E-state index is 12.3. The molecule has 2 aliphatic heterocycles. The summed E-state index contributed by atoms with van der Waals surface area (Å²) >= 11 is 1.76. The number of amides is 2. The van der Waals surface area contributed by atoms with E-state index < -0.39 is 45.6 Å². The molecular weight excluding hydrogens is 443 g/mol. The number of nitrogens with zero attached hydrogens (tertiary/aromatic N) is 3. The van der Waals surface area contributed by atoms with Gasteiger partial charge in [0, 0.05) is 11.3 Å². The molecule has 3 heterocycles. The average molecular weight is 455 g/mol. The molecule has 0 aromatic carbocycles. The summed E-state index contributed by atoms with van der Waals surface area (Å²) in [5, 5.41) is 21.0. The summed E-state index contributed by atoms with van der Waals surface area (Å²) in [6.07, 6.45) is 1.50. The van der Waals surface area contributed by atoms with E-state index in [2.05, 4.69) is 20.7 Å². The second kappa shape index (κ2) is 8.24. The first kappa shape index (κ1) is 20.9. The summed E-state index contributed by atoms with van der Waals surface area (Å²) in [7, 11) is 0. The predicted octanol–water partition coefficient (Wildman–Crippen LogP) is 1.24. The number of aromatic nitrogens is 3. The number of carbonyl (C=O) groups excluding carboxylic acids is 2. The smallest absolute Gasteiger partial charge is 0.442 e. The van der Waals surface area contributed by atoms with Crippen molar-refractivity contribution in [2.75, 3.05) is 11.5 Å². The van der Waals surface area contributed by atoms with Crippen LogP contribution in [0.1, 0.15) is 6.42 Å². The maximum absolute atomic E-state index is 12.3. The molecule has 15 heteroatoms. The van der Waals surface area contributed by atoms with Crippen LogP contribution in [0.25, 0.3) is 0 Å². The van der Waals surface area contributed by atoms with E-state index in [9.17, 15) is 32.7 Å². The molecule has 2 aliphatic rings. The molecule has 152 valence electrons. The summed E-state index contributed by atoms with van der Waals surface area (Å²) in [4.78, 5) is 36.7. The van der Waals surface area contributed by atoms with Gasteiger partial charge in [0.1, 0.15) is 16.1 Å². The topological polar surface area (TPSA) is 128 Å². The van der Waals surface area contributed by atoms with E-state index in [0.29, 0.717) is 5.03 Å². The number of fused-ring (bicyclic) bond motifs is 1. The van der Waals surface area contributed by atoms with E-state index in [0.717, 1.165) is 28.4 Å². The molecule has 2 amide bonds. The molecule has 9 nitrogen and oxygen atoms in total. The number of carboxylic acids is 1. The minimum Gasteiger partial charge on any atom is -0.477 e. The number of nitrogens with one attached hydrogen (secondary N) is 2. The Morgan fingerprint density at radius 2 is 2.21 bits per heavy atom. The molecule has 0 bridgehead atoms. The van der Waals surface area contributed by atoms with E-state index in [1.807, 2.05) is 0 Å². The molecule has 1 unspecified atom stereocenters. The zero-order valence-corrected chi connectivity index (χ0v) is 16.2. The number of rotatable bonds is 7. The fourth-order valence-electron chi connectivity index (χ4n) is 2.54. The molecule has 0 saturated carbocycles. The van der Waals surface area contributed by atoms with Crippen LogP contribution in [0.4, 0.5) is 13.2 Å². The lowest BCUT2D eigenvalue weighted by Gasteiger charge is -2.46. The third kappa shape index (κ3) is 4.75. The number of carboxylic acid groups (broad SMARTS) is 1. The molecule has 3 rings (SSSR count). The average Bonchev–Trinajstić information content (AvgIpc) is 3.10. The highest BCUT2D eigenvalue weighted by Gasteiger charge is 2.48. The first-order valence-electron chi connectivity index (χ1n) is 7.58. The van der Waals surface area contributed by atoms with Gasteiger partial charge in [0.15, 0.2) is 0 Å². The number of thioether (sulfide) groups is 3. The molecular formula is C13H12F3N5O4S3. The molecule has 0 radical (unpaired) electrons. The Kier molecular flexibility index (Phi) is 6.14. The first-order valence-corrected chi connectivity index (χ1v) is 10.5. The van der Waals surface area contributed by atoms with Crippen LogP contribution in [0.2, 0.25) is 0 Å². The standard InChI is InChI=1S/C13H12F3N5O4S3/c14-13(15,16)27-4-6(22)18-11-5(3-26-7-2-17-20-19-7)10(12(24)25)21-8(23)1-9(21)28-11/h2,9,11H,1,3-4H2,(H,18,22)(H,24,25)(H,17,19,20)/t9-,11?/m1/s1. The summed E-state index contributed by atoms with van der Waals surface area (Å²) in [5.41, 5.74) is -4.60. The summed E-state index contributed by atoms with van der Waals surface area (Å²) < 4.78 is 36.9. The molecule has 1 saturated heterocycles. The second-order valence-electron chi connectivity index (χ2n) is 5.52. The van der Waals surface area contributed by atoms with Crippen molar-refractivity contribution in [3.63, 3.8) is 0 Å². The van der Waals surface area contributed by atoms with Gasteiger partial charge in [-0.05, 0) is 11.8 Å². The van der Waals surface area contributed by atoms with Crippen molar-refractivity contribution in [1.82, 2.24) is 25.6 Å². The number of hydrogen-bond donors (Lipinski definition) is 3. The van der Waals surface area contributed by atoms with Gasteiger partial charge in [-0.25, -0.2) is 4.79 Å². The number of H-pyrrole nitrogens is 1. The van der Waals surface area contributed by atoms with Crippen molar-refractivity contribution in [2.45, 2.75) is 27.7 Å². The van der Waals surface area contributed by atoms with Gasteiger partial charge in [-0.2, -0.15) is 23.5 Å². The lowest BCUT2D eigenvalue weighted by atomic mass is 10.1. The van der Waals surface area contributed by atoms with E-state index in [1.165, 1.54) is 6.20 Å². The molecule has 1 fully saturated rings. The molecule has 1 aromatic rings. The van der Waals surface area contributed by atoms with Crippen molar-refractivity contribution in [1.29, 1.82) is 0 Å². The van der Waals surface area contributed by atoms with Crippen LogP contribution in [0, 0.1) is 0 Å². The van der Waals surface area contributed by atoms with E-state index in [1.54, 1.807) is 0 Å². The fourth-order valence-corrected chi connectivity index (χ4v) is 5.32. The van der Waals surface area contributed by atoms with Gasteiger partial charge < -0.3 is 10.4 Å². The highest BCUT2D eigenvalue weighted by atomic mass is 32.2. The van der Waals surface area contributed by atoms with Gasteiger partial charge >= 0.3 is 11.5 Å². The number of halogens is 3. The maximum Gasteiger partial charge on any atom is 0.442 e. The molecule has 0 aliphatic carbocycles. The Labute approximate surface area is 168 Å². The summed E-state index contributed by atoms with van der Waals surface area (Å²) in [6, 6.07) is 0. The minimum absolute atomic E-state index is 0.0506.